The van der Waals surface area contributed by atoms with Gasteiger partial charge in [0.05, 0.1) is 11.7 Å². The maximum absolute atomic E-state index is 4.48. The zero-order valence-corrected chi connectivity index (χ0v) is 12.3. The molecular weight excluding hydrogens is 280 g/mol. The summed E-state index contributed by atoms with van der Waals surface area (Å²) >= 11 is 1.82. The lowest BCUT2D eigenvalue weighted by atomic mass is 10.1. The Bertz CT molecular complexity index is 702. The van der Waals surface area contributed by atoms with Crippen LogP contribution in [0, 0.1) is 5.92 Å². The number of rotatable bonds is 5. The molecule has 1 fully saturated rings. The lowest BCUT2D eigenvalue weighted by molar-refractivity contribution is 0.688. The van der Waals surface area contributed by atoms with Crippen LogP contribution in [0.1, 0.15) is 23.8 Å². The Hall–Kier alpha value is -2.14. The molecule has 1 unspecified atom stereocenters. The molecule has 3 aromatic rings. The van der Waals surface area contributed by atoms with Crippen LogP contribution in [0.15, 0.2) is 54.3 Å². The van der Waals surface area contributed by atoms with E-state index in [1.807, 2.05) is 29.7 Å². The summed E-state index contributed by atoms with van der Waals surface area (Å²) in [5, 5.41) is 10.1. The van der Waals surface area contributed by atoms with E-state index < -0.39 is 0 Å². The lowest BCUT2D eigenvalue weighted by Gasteiger charge is -2.20. The van der Waals surface area contributed by atoms with Crippen LogP contribution in [0.2, 0.25) is 0 Å². The molecular formula is C16H16N4S. The van der Waals surface area contributed by atoms with E-state index in [9.17, 15) is 0 Å². The lowest BCUT2D eigenvalue weighted by Crippen LogP contribution is -2.14. The summed E-state index contributed by atoms with van der Waals surface area (Å²) in [6.45, 7) is 0. The van der Waals surface area contributed by atoms with Gasteiger partial charge in [-0.1, -0.05) is 6.07 Å². The minimum Gasteiger partial charge on any atom is -0.374 e. The molecule has 1 aliphatic carbocycles. The number of thiophene rings is 1. The summed E-state index contributed by atoms with van der Waals surface area (Å²) < 4.78 is 1.81. The first-order chi connectivity index (χ1) is 10.4. The highest BCUT2D eigenvalue weighted by molar-refractivity contribution is 7.10. The van der Waals surface area contributed by atoms with Crippen LogP contribution in [0.25, 0.3) is 5.82 Å². The van der Waals surface area contributed by atoms with Crippen molar-refractivity contribution in [2.24, 2.45) is 5.92 Å². The smallest absolute Gasteiger partial charge is 0.176 e. The highest BCUT2D eigenvalue weighted by Crippen LogP contribution is 2.44. The van der Waals surface area contributed by atoms with Gasteiger partial charge in [0.1, 0.15) is 0 Å². The number of pyridine rings is 1. The van der Waals surface area contributed by atoms with Gasteiger partial charge in [0.25, 0.3) is 0 Å². The average molecular weight is 296 g/mol. The number of hydrogen-bond donors (Lipinski definition) is 1. The molecule has 0 bridgehead atoms. The molecule has 0 spiro atoms. The molecule has 0 radical (unpaired) electrons. The van der Waals surface area contributed by atoms with Crippen LogP contribution < -0.4 is 5.32 Å². The molecule has 0 aliphatic heterocycles. The first-order valence-electron chi connectivity index (χ1n) is 7.17. The fraction of sp³-hybridized carbons (Fsp3) is 0.250. The van der Waals surface area contributed by atoms with E-state index in [1.54, 1.807) is 17.1 Å². The molecule has 1 saturated carbocycles. The van der Waals surface area contributed by atoms with Crippen molar-refractivity contribution in [2.45, 2.75) is 18.9 Å². The molecule has 5 heteroatoms. The SMILES string of the molecule is c1csc(C(Nc2cccnc2-n2cccn2)C2CC2)c1. The third-order valence-electron chi connectivity index (χ3n) is 3.76. The number of aromatic nitrogens is 3. The fourth-order valence-electron chi connectivity index (χ4n) is 2.57. The van der Waals surface area contributed by atoms with E-state index in [1.165, 1.54) is 17.7 Å². The van der Waals surface area contributed by atoms with Gasteiger partial charge >= 0.3 is 0 Å². The molecule has 4 nitrogen and oxygen atoms in total. The van der Waals surface area contributed by atoms with Crippen LogP contribution in [0.3, 0.4) is 0 Å². The van der Waals surface area contributed by atoms with E-state index in [-0.39, 0.29) is 0 Å². The molecule has 0 aromatic carbocycles. The Kier molecular flexibility index (Phi) is 3.20. The predicted octanol–water partition coefficient (Wildman–Crippen LogP) is 3.89. The zero-order valence-electron chi connectivity index (χ0n) is 11.5. The number of nitrogens with one attached hydrogen (secondary N) is 1. The quantitative estimate of drug-likeness (QED) is 0.776. The average Bonchev–Trinajstić information content (AvgIpc) is 3.01. The van der Waals surface area contributed by atoms with E-state index >= 15 is 0 Å². The summed E-state index contributed by atoms with van der Waals surface area (Å²) in [7, 11) is 0. The van der Waals surface area contributed by atoms with Crippen molar-refractivity contribution in [3.63, 3.8) is 0 Å². The Morgan fingerprint density at radius 2 is 2.14 bits per heavy atom. The standard InChI is InChI=1S/C16H16N4S/c1-4-13(16(17-8-1)20-10-3-9-18-20)19-15(12-6-7-12)14-5-2-11-21-14/h1-5,8-12,15,19H,6-7H2. The van der Waals surface area contributed by atoms with Crippen LogP contribution in [0.4, 0.5) is 5.69 Å². The molecule has 1 atom stereocenters. The van der Waals surface area contributed by atoms with Crippen LogP contribution in [0.5, 0.6) is 0 Å². The van der Waals surface area contributed by atoms with E-state index in [0.717, 1.165) is 17.4 Å². The van der Waals surface area contributed by atoms with Gasteiger partial charge in [-0.2, -0.15) is 5.10 Å². The monoisotopic (exact) mass is 296 g/mol. The van der Waals surface area contributed by atoms with Crippen LogP contribution >= 0.6 is 11.3 Å². The number of nitrogens with zero attached hydrogens (tertiary/aromatic N) is 3. The highest BCUT2D eigenvalue weighted by Gasteiger charge is 2.33. The van der Waals surface area contributed by atoms with Crippen molar-refractivity contribution in [3.05, 3.63) is 59.2 Å². The van der Waals surface area contributed by atoms with Gasteiger partial charge in [-0.05, 0) is 48.4 Å². The van der Waals surface area contributed by atoms with Gasteiger partial charge in [-0.3, -0.25) is 0 Å². The Morgan fingerprint density at radius 1 is 1.19 bits per heavy atom. The van der Waals surface area contributed by atoms with Gasteiger partial charge in [0.15, 0.2) is 5.82 Å². The maximum Gasteiger partial charge on any atom is 0.176 e. The maximum atomic E-state index is 4.48. The Morgan fingerprint density at radius 3 is 2.86 bits per heavy atom. The second-order valence-electron chi connectivity index (χ2n) is 5.30. The van der Waals surface area contributed by atoms with Gasteiger partial charge < -0.3 is 5.32 Å². The first-order valence-corrected chi connectivity index (χ1v) is 8.05. The van der Waals surface area contributed by atoms with Crippen molar-refractivity contribution < 1.29 is 0 Å². The molecule has 3 aromatic heterocycles. The molecule has 4 rings (SSSR count). The van der Waals surface area contributed by atoms with Gasteiger partial charge in [0.2, 0.25) is 0 Å². The zero-order chi connectivity index (χ0) is 14.1. The Labute approximate surface area is 127 Å². The van der Waals surface area contributed by atoms with Crippen molar-refractivity contribution >= 4 is 17.0 Å². The normalized spacial score (nSPS) is 15.8. The minimum atomic E-state index is 0.378. The number of hydrogen-bond acceptors (Lipinski definition) is 4. The highest BCUT2D eigenvalue weighted by atomic mass is 32.1. The van der Waals surface area contributed by atoms with Gasteiger partial charge in [0, 0.05) is 23.5 Å². The van der Waals surface area contributed by atoms with Crippen LogP contribution in [-0.4, -0.2) is 14.8 Å². The third kappa shape index (κ3) is 2.56. The Balaban J connectivity index is 1.67. The first kappa shape index (κ1) is 12.6. The predicted molar refractivity (Wildman–Crippen MR) is 84.8 cm³/mol. The topological polar surface area (TPSA) is 42.7 Å². The van der Waals surface area contributed by atoms with Gasteiger partial charge in [-0.25, -0.2) is 9.67 Å². The van der Waals surface area contributed by atoms with Crippen molar-refractivity contribution in [1.82, 2.24) is 14.8 Å². The summed E-state index contributed by atoms with van der Waals surface area (Å²) in [6, 6.07) is 10.7. The van der Waals surface area contributed by atoms with Gasteiger partial charge in [-0.15, -0.1) is 11.3 Å². The minimum absolute atomic E-state index is 0.378. The second kappa shape index (κ2) is 5.33. The largest absolute Gasteiger partial charge is 0.374 e. The number of anilines is 1. The van der Waals surface area contributed by atoms with Crippen LogP contribution in [-0.2, 0) is 0 Å². The molecule has 0 amide bonds. The summed E-state index contributed by atoms with van der Waals surface area (Å²) in [5.41, 5.74) is 1.03. The van der Waals surface area contributed by atoms with Crippen molar-refractivity contribution in [1.29, 1.82) is 0 Å². The second-order valence-corrected chi connectivity index (χ2v) is 6.28. The third-order valence-corrected chi connectivity index (χ3v) is 4.72. The summed E-state index contributed by atoms with van der Waals surface area (Å²) in [5.74, 6) is 1.58. The molecule has 106 valence electrons. The molecule has 1 aliphatic rings. The van der Waals surface area contributed by atoms with E-state index in [2.05, 4.69) is 39.0 Å². The van der Waals surface area contributed by atoms with E-state index in [0.29, 0.717) is 6.04 Å². The molecule has 1 N–H and O–H groups in total. The van der Waals surface area contributed by atoms with Crippen molar-refractivity contribution in [2.75, 3.05) is 5.32 Å². The summed E-state index contributed by atoms with van der Waals surface area (Å²) in [6.07, 6.45) is 8.10. The molecule has 0 saturated heterocycles. The van der Waals surface area contributed by atoms with Crippen molar-refractivity contribution in [3.8, 4) is 5.82 Å². The summed E-state index contributed by atoms with van der Waals surface area (Å²) in [4.78, 5) is 5.87. The fourth-order valence-corrected chi connectivity index (χ4v) is 3.44. The molecule has 3 heterocycles. The van der Waals surface area contributed by atoms with E-state index in [4.69, 9.17) is 0 Å². The molecule has 21 heavy (non-hydrogen) atoms.